The summed E-state index contributed by atoms with van der Waals surface area (Å²) in [5.74, 6) is -0.307. The quantitative estimate of drug-likeness (QED) is 0.761. The van der Waals surface area contributed by atoms with Crippen LogP contribution >= 0.6 is 0 Å². The first-order valence-electron chi connectivity index (χ1n) is 7.58. The van der Waals surface area contributed by atoms with Crippen molar-refractivity contribution in [3.05, 3.63) is 71.4 Å². The van der Waals surface area contributed by atoms with Crippen molar-refractivity contribution in [3.63, 3.8) is 0 Å². The van der Waals surface area contributed by atoms with Gasteiger partial charge in [0.05, 0.1) is 17.5 Å². The smallest absolute Gasteiger partial charge is 0.139 e. The molecule has 0 amide bonds. The maximum atomic E-state index is 13.0. The zero-order valence-corrected chi connectivity index (χ0v) is 13.3. The van der Waals surface area contributed by atoms with Crippen LogP contribution in [0.5, 0.6) is 0 Å². The number of rotatable bonds is 5. The molecule has 0 saturated heterocycles. The normalized spacial score (nSPS) is 14.1. The molecule has 0 bridgehead atoms. The van der Waals surface area contributed by atoms with E-state index in [1.165, 1.54) is 12.1 Å². The molecule has 2 N–H and O–H groups in total. The van der Waals surface area contributed by atoms with Gasteiger partial charge in [-0.3, -0.25) is 0 Å². The fraction of sp³-hybridized carbons (Fsp3) is 0.278. The number of fused-ring (bicyclic) bond motifs is 1. The number of nitrogens with one attached hydrogen (secondary N) is 1. The lowest BCUT2D eigenvalue weighted by Gasteiger charge is -2.24. The Morgan fingerprint density at radius 1 is 1.26 bits per heavy atom. The molecule has 23 heavy (non-hydrogen) atoms. The SMILES string of the molecule is Cc1cccn2c(CNCC(C)(O)c3ccc(F)cc3)cnc12. The maximum Gasteiger partial charge on any atom is 0.139 e. The third kappa shape index (κ3) is 3.25. The van der Waals surface area contributed by atoms with Crippen molar-refractivity contribution < 1.29 is 9.50 Å². The lowest BCUT2D eigenvalue weighted by Crippen LogP contribution is -2.35. The van der Waals surface area contributed by atoms with Crippen molar-refractivity contribution in [3.8, 4) is 0 Å². The maximum absolute atomic E-state index is 13.0. The van der Waals surface area contributed by atoms with Crippen LogP contribution in [-0.2, 0) is 12.1 Å². The number of aliphatic hydroxyl groups is 1. The van der Waals surface area contributed by atoms with Gasteiger partial charge >= 0.3 is 0 Å². The van der Waals surface area contributed by atoms with Crippen molar-refractivity contribution in [2.45, 2.75) is 26.0 Å². The molecule has 3 rings (SSSR count). The van der Waals surface area contributed by atoms with Gasteiger partial charge in [0.2, 0.25) is 0 Å². The third-order valence-electron chi connectivity index (χ3n) is 4.05. The van der Waals surface area contributed by atoms with Gasteiger partial charge in [0.25, 0.3) is 0 Å². The van der Waals surface area contributed by atoms with Gasteiger partial charge in [-0.2, -0.15) is 0 Å². The summed E-state index contributed by atoms with van der Waals surface area (Å²) in [5, 5.41) is 13.8. The first-order valence-corrected chi connectivity index (χ1v) is 7.58. The first kappa shape index (κ1) is 15.6. The lowest BCUT2D eigenvalue weighted by molar-refractivity contribution is 0.0565. The Balaban J connectivity index is 1.68. The van der Waals surface area contributed by atoms with E-state index in [1.807, 2.05) is 35.9 Å². The number of aromatic nitrogens is 2. The highest BCUT2D eigenvalue weighted by molar-refractivity contribution is 5.48. The minimum atomic E-state index is -1.07. The van der Waals surface area contributed by atoms with Gasteiger partial charge in [0.15, 0.2) is 0 Å². The molecule has 1 aromatic carbocycles. The second-order valence-electron chi connectivity index (χ2n) is 6.02. The number of nitrogens with zero attached hydrogens (tertiary/aromatic N) is 2. The summed E-state index contributed by atoms with van der Waals surface area (Å²) in [6.07, 6.45) is 3.81. The number of imidazole rings is 1. The van der Waals surface area contributed by atoms with Gasteiger partial charge in [-0.25, -0.2) is 9.37 Å². The van der Waals surface area contributed by atoms with Crippen LogP contribution in [0, 0.1) is 12.7 Å². The molecule has 0 spiro atoms. The Morgan fingerprint density at radius 2 is 2.00 bits per heavy atom. The summed E-state index contributed by atoms with van der Waals surface area (Å²) in [6, 6.07) is 9.94. The van der Waals surface area contributed by atoms with Gasteiger partial charge in [-0.15, -0.1) is 0 Å². The summed E-state index contributed by atoms with van der Waals surface area (Å²) in [6.45, 7) is 4.68. The van der Waals surface area contributed by atoms with E-state index in [0.29, 0.717) is 18.7 Å². The highest BCUT2D eigenvalue weighted by Gasteiger charge is 2.22. The average Bonchev–Trinajstić information content (AvgIpc) is 2.92. The van der Waals surface area contributed by atoms with Gasteiger partial charge in [-0.1, -0.05) is 18.2 Å². The molecule has 0 fully saturated rings. The Labute approximate surface area is 134 Å². The number of hydrogen-bond donors (Lipinski definition) is 2. The zero-order valence-electron chi connectivity index (χ0n) is 13.3. The molecular weight excluding hydrogens is 293 g/mol. The first-order chi connectivity index (χ1) is 11.0. The summed E-state index contributed by atoms with van der Waals surface area (Å²) >= 11 is 0. The Kier molecular flexibility index (Phi) is 4.15. The third-order valence-corrected chi connectivity index (χ3v) is 4.05. The van der Waals surface area contributed by atoms with E-state index >= 15 is 0 Å². The molecular formula is C18H20FN3O. The summed E-state index contributed by atoms with van der Waals surface area (Å²) in [5.41, 5.74) is 2.70. The zero-order chi connectivity index (χ0) is 16.4. The predicted octanol–water partition coefficient (Wildman–Crippen LogP) is 2.78. The van der Waals surface area contributed by atoms with Crippen molar-refractivity contribution >= 4 is 5.65 Å². The minimum Gasteiger partial charge on any atom is -0.384 e. The second-order valence-corrected chi connectivity index (χ2v) is 6.02. The highest BCUT2D eigenvalue weighted by atomic mass is 19.1. The Morgan fingerprint density at radius 3 is 2.74 bits per heavy atom. The molecule has 120 valence electrons. The molecule has 0 saturated carbocycles. The molecule has 2 heterocycles. The van der Waals surface area contributed by atoms with Crippen molar-refractivity contribution in [1.29, 1.82) is 0 Å². The standard InChI is InChI=1S/C18H20FN3O/c1-13-4-3-9-22-16(11-21-17(13)22)10-20-12-18(2,23)14-5-7-15(19)8-6-14/h3-9,11,20,23H,10,12H2,1-2H3. The molecule has 1 unspecified atom stereocenters. The largest absolute Gasteiger partial charge is 0.384 e. The Hall–Kier alpha value is -2.24. The number of aryl methyl sites for hydroxylation is 1. The molecule has 2 aromatic heterocycles. The van der Waals surface area contributed by atoms with E-state index in [4.69, 9.17) is 0 Å². The van der Waals surface area contributed by atoms with Gasteiger partial charge < -0.3 is 14.8 Å². The van der Waals surface area contributed by atoms with E-state index in [0.717, 1.165) is 16.9 Å². The van der Waals surface area contributed by atoms with Crippen LogP contribution in [0.4, 0.5) is 4.39 Å². The highest BCUT2D eigenvalue weighted by Crippen LogP contribution is 2.20. The number of benzene rings is 1. The summed E-state index contributed by atoms with van der Waals surface area (Å²) < 4.78 is 15.0. The number of pyridine rings is 1. The molecule has 3 aromatic rings. The average molecular weight is 313 g/mol. The van der Waals surface area contributed by atoms with Crippen LogP contribution in [0.25, 0.3) is 5.65 Å². The Bertz CT molecular complexity index is 809. The van der Waals surface area contributed by atoms with E-state index in [2.05, 4.69) is 10.3 Å². The van der Waals surface area contributed by atoms with Crippen molar-refractivity contribution in [2.24, 2.45) is 0 Å². The van der Waals surface area contributed by atoms with E-state index < -0.39 is 5.60 Å². The molecule has 1 atom stereocenters. The molecule has 0 aliphatic heterocycles. The fourth-order valence-electron chi connectivity index (χ4n) is 2.68. The second kappa shape index (κ2) is 6.10. The monoisotopic (exact) mass is 313 g/mol. The van der Waals surface area contributed by atoms with Crippen LogP contribution in [0.15, 0.2) is 48.8 Å². The molecule has 0 aliphatic rings. The summed E-state index contributed by atoms with van der Waals surface area (Å²) in [4.78, 5) is 4.42. The number of halogens is 1. The molecule has 0 radical (unpaired) electrons. The van der Waals surface area contributed by atoms with Gasteiger partial charge in [0, 0.05) is 19.3 Å². The topological polar surface area (TPSA) is 49.6 Å². The van der Waals surface area contributed by atoms with Crippen LogP contribution in [0.2, 0.25) is 0 Å². The molecule has 5 heteroatoms. The van der Waals surface area contributed by atoms with E-state index in [9.17, 15) is 9.50 Å². The molecule has 0 aliphatic carbocycles. The molecule has 4 nitrogen and oxygen atoms in total. The fourth-order valence-corrected chi connectivity index (χ4v) is 2.68. The van der Waals surface area contributed by atoms with Crippen LogP contribution in [-0.4, -0.2) is 21.0 Å². The lowest BCUT2D eigenvalue weighted by atomic mass is 9.96. The van der Waals surface area contributed by atoms with Gasteiger partial charge in [0.1, 0.15) is 11.5 Å². The van der Waals surface area contributed by atoms with Crippen molar-refractivity contribution in [2.75, 3.05) is 6.54 Å². The van der Waals surface area contributed by atoms with Crippen LogP contribution < -0.4 is 5.32 Å². The van der Waals surface area contributed by atoms with Gasteiger partial charge in [-0.05, 0) is 43.2 Å². The number of hydrogen-bond acceptors (Lipinski definition) is 3. The van der Waals surface area contributed by atoms with E-state index in [-0.39, 0.29) is 5.82 Å². The van der Waals surface area contributed by atoms with Crippen molar-refractivity contribution in [1.82, 2.24) is 14.7 Å². The predicted molar refractivity (Wildman–Crippen MR) is 87.6 cm³/mol. The van der Waals surface area contributed by atoms with E-state index in [1.54, 1.807) is 19.1 Å². The summed E-state index contributed by atoms with van der Waals surface area (Å²) in [7, 11) is 0. The van der Waals surface area contributed by atoms with Crippen LogP contribution in [0.1, 0.15) is 23.7 Å². The van der Waals surface area contributed by atoms with Crippen LogP contribution in [0.3, 0.4) is 0 Å². The minimum absolute atomic E-state index is 0.307.